The Bertz CT molecular complexity index is 148. The zero-order valence-corrected chi connectivity index (χ0v) is 13.0. The van der Waals surface area contributed by atoms with Gasteiger partial charge in [0.15, 0.2) is 0 Å². The van der Waals surface area contributed by atoms with Crippen LogP contribution in [-0.2, 0) is 4.74 Å². The van der Waals surface area contributed by atoms with Crippen molar-refractivity contribution >= 4 is 0 Å². The van der Waals surface area contributed by atoms with Crippen molar-refractivity contribution in [3.05, 3.63) is 0 Å². The van der Waals surface area contributed by atoms with Gasteiger partial charge in [-0.1, -0.05) is 52.9 Å². The molecule has 0 radical (unpaired) electrons. The lowest BCUT2D eigenvalue weighted by atomic mass is 10.1. The highest BCUT2D eigenvalue weighted by atomic mass is 16.5. The van der Waals surface area contributed by atoms with Crippen LogP contribution in [0.3, 0.4) is 0 Å². The Morgan fingerprint density at radius 3 is 2.11 bits per heavy atom. The standard InChI is InChI=1S/C16H35NO/c1-4-5-6-7-8-10-13-18-14-11-9-12-17-15-16(2)3/h16-17H,4-15H2,1-3H3. The van der Waals surface area contributed by atoms with Crippen LogP contribution in [0.25, 0.3) is 0 Å². The summed E-state index contributed by atoms with van der Waals surface area (Å²) >= 11 is 0. The molecule has 0 heterocycles. The monoisotopic (exact) mass is 257 g/mol. The zero-order valence-electron chi connectivity index (χ0n) is 13.0. The van der Waals surface area contributed by atoms with Gasteiger partial charge >= 0.3 is 0 Å². The number of nitrogens with one attached hydrogen (secondary N) is 1. The second kappa shape index (κ2) is 15.0. The minimum atomic E-state index is 0.758. The molecule has 2 heteroatoms. The summed E-state index contributed by atoms with van der Waals surface area (Å²) in [6, 6.07) is 0. The van der Waals surface area contributed by atoms with E-state index in [9.17, 15) is 0 Å². The molecule has 0 aliphatic rings. The molecule has 0 saturated carbocycles. The first-order valence-corrected chi connectivity index (χ1v) is 8.05. The number of hydrogen-bond acceptors (Lipinski definition) is 2. The maximum Gasteiger partial charge on any atom is 0.0466 e. The van der Waals surface area contributed by atoms with Crippen LogP contribution in [0, 0.1) is 5.92 Å². The van der Waals surface area contributed by atoms with Crippen molar-refractivity contribution in [3.8, 4) is 0 Å². The van der Waals surface area contributed by atoms with Crippen molar-refractivity contribution in [1.29, 1.82) is 0 Å². The fourth-order valence-corrected chi connectivity index (χ4v) is 1.93. The summed E-state index contributed by atoms with van der Waals surface area (Å²) in [5.74, 6) is 0.758. The summed E-state index contributed by atoms with van der Waals surface area (Å²) in [4.78, 5) is 0. The van der Waals surface area contributed by atoms with Crippen LogP contribution in [0.4, 0.5) is 0 Å². The van der Waals surface area contributed by atoms with Crippen molar-refractivity contribution in [2.75, 3.05) is 26.3 Å². The molecule has 0 spiro atoms. The van der Waals surface area contributed by atoms with E-state index in [1.165, 1.54) is 51.4 Å². The second-order valence-corrected chi connectivity index (χ2v) is 5.69. The van der Waals surface area contributed by atoms with Crippen molar-refractivity contribution in [2.24, 2.45) is 5.92 Å². The lowest BCUT2D eigenvalue weighted by Gasteiger charge is -2.07. The third kappa shape index (κ3) is 15.9. The van der Waals surface area contributed by atoms with Crippen molar-refractivity contribution in [3.63, 3.8) is 0 Å². The van der Waals surface area contributed by atoms with Gasteiger partial charge in [-0.25, -0.2) is 0 Å². The molecule has 0 aromatic rings. The lowest BCUT2D eigenvalue weighted by molar-refractivity contribution is 0.126. The van der Waals surface area contributed by atoms with E-state index in [1.807, 2.05) is 0 Å². The molecule has 0 aliphatic carbocycles. The highest BCUT2D eigenvalue weighted by Crippen LogP contribution is 2.05. The van der Waals surface area contributed by atoms with Gasteiger partial charge in [0.25, 0.3) is 0 Å². The highest BCUT2D eigenvalue weighted by molar-refractivity contribution is 4.51. The smallest absolute Gasteiger partial charge is 0.0466 e. The lowest BCUT2D eigenvalue weighted by Crippen LogP contribution is -2.20. The molecule has 18 heavy (non-hydrogen) atoms. The summed E-state index contributed by atoms with van der Waals surface area (Å²) in [5.41, 5.74) is 0. The molecule has 0 bridgehead atoms. The number of ether oxygens (including phenoxy) is 1. The Morgan fingerprint density at radius 1 is 0.833 bits per heavy atom. The van der Waals surface area contributed by atoms with E-state index in [1.54, 1.807) is 0 Å². The molecule has 0 fully saturated rings. The topological polar surface area (TPSA) is 21.3 Å². The number of unbranched alkanes of at least 4 members (excludes halogenated alkanes) is 6. The highest BCUT2D eigenvalue weighted by Gasteiger charge is 1.94. The Hall–Kier alpha value is -0.0800. The van der Waals surface area contributed by atoms with Crippen molar-refractivity contribution < 1.29 is 4.74 Å². The molecule has 0 unspecified atom stereocenters. The van der Waals surface area contributed by atoms with Crippen molar-refractivity contribution in [2.45, 2.75) is 72.1 Å². The molecular formula is C16H35NO. The van der Waals surface area contributed by atoms with Gasteiger partial charge in [-0.05, 0) is 38.3 Å². The number of rotatable bonds is 14. The minimum Gasteiger partial charge on any atom is -0.381 e. The molecule has 0 amide bonds. The summed E-state index contributed by atoms with van der Waals surface area (Å²) in [5, 5.41) is 3.46. The van der Waals surface area contributed by atoms with Crippen LogP contribution in [0.15, 0.2) is 0 Å². The Morgan fingerprint density at radius 2 is 1.44 bits per heavy atom. The molecule has 110 valence electrons. The molecule has 2 nitrogen and oxygen atoms in total. The Labute approximate surface area is 115 Å². The molecule has 0 aromatic carbocycles. The second-order valence-electron chi connectivity index (χ2n) is 5.69. The SMILES string of the molecule is CCCCCCCCOCCCCNCC(C)C. The minimum absolute atomic E-state index is 0.758. The van der Waals surface area contributed by atoms with Gasteiger partial charge < -0.3 is 10.1 Å². The fourth-order valence-electron chi connectivity index (χ4n) is 1.93. The summed E-state index contributed by atoms with van der Waals surface area (Å²) in [7, 11) is 0. The maximum absolute atomic E-state index is 5.64. The first-order valence-electron chi connectivity index (χ1n) is 8.05. The summed E-state index contributed by atoms with van der Waals surface area (Å²) in [6.45, 7) is 10.9. The zero-order chi connectivity index (χ0) is 13.5. The number of hydrogen-bond donors (Lipinski definition) is 1. The van der Waals surface area contributed by atoms with Gasteiger partial charge in [-0.15, -0.1) is 0 Å². The van der Waals surface area contributed by atoms with Gasteiger partial charge in [0.05, 0.1) is 0 Å². The van der Waals surface area contributed by atoms with Gasteiger partial charge in [0.1, 0.15) is 0 Å². The van der Waals surface area contributed by atoms with Crippen LogP contribution in [0.2, 0.25) is 0 Å². The molecule has 0 aromatic heterocycles. The van der Waals surface area contributed by atoms with Crippen LogP contribution in [-0.4, -0.2) is 26.3 Å². The molecule has 0 aliphatic heterocycles. The molecule has 0 saturated heterocycles. The maximum atomic E-state index is 5.64. The van der Waals surface area contributed by atoms with E-state index in [4.69, 9.17) is 4.74 Å². The average molecular weight is 257 g/mol. The van der Waals surface area contributed by atoms with Gasteiger partial charge in [0.2, 0.25) is 0 Å². The van der Waals surface area contributed by atoms with Gasteiger partial charge in [-0.3, -0.25) is 0 Å². The molecule has 1 N–H and O–H groups in total. The Balaban J connectivity index is 2.90. The third-order valence-electron chi connectivity index (χ3n) is 3.09. The first kappa shape index (κ1) is 17.9. The quantitative estimate of drug-likeness (QED) is 0.466. The fraction of sp³-hybridized carbons (Fsp3) is 1.00. The third-order valence-corrected chi connectivity index (χ3v) is 3.09. The van der Waals surface area contributed by atoms with Crippen LogP contribution < -0.4 is 5.32 Å². The summed E-state index contributed by atoms with van der Waals surface area (Å²) < 4.78 is 5.64. The molecular weight excluding hydrogens is 222 g/mol. The van der Waals surface area contributed by atoms with Gasteiger partial charge in [-0.2, -0.15) is 0 Å². The normalized spacial score (nSPS) is 11.3. The Kier molecular flexibility index (Phi) is 14.9. The van der Waals surface area contributed by atoms with E-state index < -0.39 is 0 Å². The predicted octanol–water partition coefficient (Wildman–Crippen LogP) is 4.39. The van der Waals surface area contributed by atoms with E-state index in [2.05, 4.69) is 26.1 Å². The largest absolute Gasteiger partial charge is 0.381 e. The van der Waals surface area contributed by atoms with E-state index in [-0.39, 0.29) is 0 Å². The van der Waals surface area contributed by atoms with Crippen LogP contribution >= 0.6 is 0 Å². The first-order chi connectivity index (χ1) is 8.77. The van der Waals surface area contributed by atoms with Crippen LogP contribution in [0.5, 0.6) is 0 Å². The average Bonchev–Trinajstić information content (AvgIpc) is 2.34. The predicted molar refractivity (Wildman–Crippen MR) is 81.1 cm³/mol. The van der Waals surface area contributed by atoms with E-state index in [0.29, 0.717) is 0 Å². The summed E-state index contributed by atoms with van der Waals surface area (Å²) in [6.07, 6.45) is 10.5. The molecule has 0 atom stereocenters. The van der Waals surface area contributed by atoms with E-state index >= 15 is 0 Å². The van der Waals surface area contributed by atoms with Gasteiger partial charge in [0, 0.05) is 13.2 Å². The molecule has 0 rings (SSSR count). The van der Waals surface area contributed by atoms with Crippen LogP contribution in [0.1, 0.15) is 72.1 Å². The van der Waals surface area contributed by atoms with E-state index in [0.717, 1.165) is 32.2 Å². The van der Waals surface area contributed by atoms with Crippen molar-refractivity contribution in [1.82, 2.24) is 5.32 Å².